The second kappa shape index (κ2) is 5.66. The molecular weight excluding hydrogens is 302 g/mol. The summed E-state index contributed by atoms with van der Waals surface area (Å²) in [5.74, 6) is 1.82. The van der Waals surface area contributed by atoms with Gasteiger partial charge in [-0.05, 0) is 42.9 Å². The van der Waals surface area contributed by atoms with Gasteiger partial charge in [-0.1, -0.05) is 41.3 Å². The molecule has 2 unspecified atom stereocenters. The lowest BCUT2D eigenvalue weighted by Crippen LogP contribution is -2.44. The van der Waals surface area contributed by atoms with Gasteiger partial charge in [0, 0.05) is 23.1 Å². The Morgan fingerprint density at radius 3 is 2.74 bits per heavy atom. The molecular formula is C16H20BrNO. The van der Waals surface area contributed by atoms with Gasteiger partial charge in [0.05, 0.1) is 0 Å². The molecule has 19 heavy (non-hydrogen) atoms. The molecule has 102 valence electrons. The first-order valence-electron chi connectivity index (χ1n) is 7.29. The molecule has 1 amide bonds. The Hall–Kier alpha value is -0.830. The zero-order valence-corrected chi connectivity index (χ0v) is 12.7. The standard InChI is InChI=1S/C16H20BrNO/c17-15-7-3-6-13(10-15)16(19)18-9-8-12-4-1-2-5-14(12)11-18/h3,6-7,10,12,14H,1-2,4-5,8-9,11H2. The molecule has 1 aliphatic heterocycles. The topological polar surface area (TPSA) is 20.3 Å². The monoisotopic (exact) mass is 321 g/mol. The van der Waals surface area contributed by atoms with Gasteiger partial charge in [0.2, 0.25) is 0 Å². The Labute approximate surface area is 123 Å². The van der Waals surface area contributed by atoms with Crippen LogP contribution in [0.5, 0.6) is 0 Å². The fourth-order valence-corrected chi connectivity index (χ4v) is 3.99. The minimum atomic E-state index is 0.199. The van der Waals surface area contributed by atoms with Crippen LogP contribution < -0.4 is 0 Å². The lowest BCUT2D eigenvalue weighted by Gasteiger charge is -2.41. The van der Waals surface area contributed by atoms with Crippen LogP contribution in [0.4, 0.5) is 0 Å². The number of fused-ring (bicyclic) bond motifs is 1. The van der Waals surface area contributed by atoms with Crippen LogP contribution in [0.3, 0.4) is 0 Å². The van der Waals surface area contributed by atoms with Crippen molar-refractivity contribution in [1.29, 1.82) is 0 Å². The molecule has 3 heteroatoms. The van der Waals surface area contributed by atoms with Crippen molar-refractivity contribution >= 4 is 21.8 Å². The maximum absolute atomic E-state index is 12.5. The Morgan fingerprint density at radius 1 is 1.16 bits per heavy atom. The molecule has 1 aromatic carbocycles. The summed E-state index contributed by atoms with van der Waals surface area (Å²) in [5.41, 5.74) is 0.809. The predicted molar refractivity (Wildman–Crippen MR) is 80.1 cm³/mol. The van der Waals surface area contributed by atoms with E-state index in [0.717, 1.165) is 35.0 Å². The van der Waals surface area contributed by atoms with Crippen LogP contribution in [-0.2, 0) is 0 Å². The van der Waals surface area contributed by atoms with E-state index in [1.807, 2.05) is 24.3 Å². The number of piperidine rings is 1. The largest absolute Gasteiger partial charge is 0.338 e. The van der Waals surface area contributed by atoms with Crippen LogP contribution in [0.1, 0.15) is 42.5 Å². The molecule has 2 fully saturated rings. The summed E-state index contributed by atoms with van der Waals surface area (Å²) in [6, 6.07) is 7.74. The van der Waals surface area contributed by atoms with Gasteiger partial charge in [-0.15, -0.1) is 0 Å². The molecule has 1 aliphatic carbocycles. The second-order valence-corrected chi connectivity index (χ2v) is 6.77. The fourth-order valence-electron chi connectivity index (χ4n) is 3.59. The minimum Gasteiger partial charge on any atom is -0.338 e. The number of hydrogen-bond acceptors (Lipinski definition) is 1. The summed E-state index contributed by atoms with van der Waals surface area (Å²) >= 11 is 3.44. The maximum Gasteiger partial charge on any atom is 0.253 e. The molecule has 3 rings (SSSR count). The van der Waals surface area contributed by atoms with E-state index in [0.29, 0.717) is 0 Å². The first kappa shape index (κ1) is 13.2. The van der Waals surface area contributed by atoms with E-state index in [4.69, 9.17) is 0 Å². The smallest absolute Gasteiger partial charge is 0.253 e. The van der Waals surface area contributed by atoms with Crippen molar-refractivity contribution in [3.05, 3.63) is 34.3 Å². The lowest BCUT2D eigenvalue weighted by molar-refractivity contribution is 0.0521. The van der Waals surface area contributed by atoms with E-state index in [2.05, 4.69) is 20.8 Å². The van der Waals surface area contributed by atoms with Gasteiger partial charge in [0.1, 0.15) is 0 Å². The maximum atomic E-state index is 12.5. The second-order valence-electron chi connectivity index (χ2n) is 5.85. The highest BCUT2D eigenvalue weighted by Crippen LogP contribution is 2.36. The summed E-state index contributed by atoms with van der Waals surface area (Å²) in [5, 5.41) is 0. The fraction of sp³-hybridized carbons (Fsp3) is 0.562. The predicted octanol–water partition coefficient (Wildman–Crippen LogP) is 4.10. The zero-order chi connectivity index (χ0) is 13.2. The summed E-state index contributed by atoms with van der Waals surface area (Å²) in [6.07, 6.45) is 6.63. The molecule has 1 aromatic rings. The molecule has 2 aliphatic rings. The average molecular weight is 322 g/mol. The van der Waals surface area contributed by atoms with Crippen molar-refractivity contribution in [2.45, 2.75) is 32.1 Å². The van der Waals surface area contributed by atoms with Crippen molar-refractivity contribution < 1.29 is 4.79 Å². The average Bonchev–Trinajstić information content (AvgIpc) is 2.46. The highest BCUT2D eigenvalue weighted by atomic mass is 79.9. The van der Waals surface area contributed by atoms with Gasteiger partial charge in [-0.2, -0.15) is 0 Å². The Balaban J connectivity index is 1.71. The Kier molecular flexibility index (Phi) is 3.92. The van der Waals surface area contributed by atoms with Gasteiger partial charge in [-0.25, -0.2) is 0 Å². The zero-order valence-electron chi connectivity index (χ0n) is 11.1. The normalized spacial score (nSPS) is 26.9. The van der Waals surface area contributed by atoms with Crippen LogP contribution >= 0.6 is 15.9 Å². The van der Waals surface area contributed by atoms with Crippen molar-refractivity contribution in [2.24, 2.45) is 11.8 Å². The molecule has 0 bridgehead atoms. The van der Waals surface area contributed by atoms with Crippen molar-refractivity contribution in [2.75, 3.05) is 13.1 Å². The van der Waals surface area contributed by atoms with Gasteiger partial charge >= 0.3 is 0 Å². The van der Waals surface area contributed by atoms with E-state index in [-0.39, 0.29) is 5.91 Å². The van der Waals surface area contributed by atoms with Crippen molar-refractivity contribution in [3.63, 3.8) is 0 Å². The van der Waals surface area contributed by atoms with E-state index in [9.17, 15) is 4.79 Å². The molecule has 1 saturated carbocycles. The van der Waals surface area contributed by atoms with E-state index >= 15 is 0 Å². The summed E-state index contributed by atoms with van der Waals surface area (Å²) in [7, 11) is 0. The van der Waals surface area contributed by atoms with Gasteiger partial charge in [0.15, 0.2) is 0 Å². The van der Waals surface area contributed by atoms with Crippen molar-refractivity contribution in [1.82, 2.24) is 4.90 Å². The number of benzene rings is 1. The van der Waals surface area contributed by atoms with E-state index < -0.39 is 0 Å². The molecule has 1 heterocycles. The Bertz CT molecular complexity index is 474. The quantitative estimate of drug-likeness (QED) is 0.762. The number of hydrogen-bond donors (Lipinski definition) is 0. The molecule has 0 spiro atoms. The number of amides is 1. The third-order valence-corrected chi connectivity index (χ3v) is 5.14. The summed E-state index contributed by atoms with van der Waals surface area (Å²) in [4.78, 5) is 14.6. The highest BCUT2D eigenvalue weighted by molar-refractivity contribution is 9.10. The van der Waals surface area contributed by atoms with E-state index in [1.54, 1.807) is 0 Å². The molecule has 0 N–H and O–H groups in total. The van der Waals surface area contributed by atoms with Crippen molar-refractivity contribution in [3.8, 4) is 0 Å². The lowest BCUT2D eigenvalue weighted by atomic mass is 9.75. The van der Waals surface area contributed by atoms with E-state index in [1.165, 1.54) is 32.1 Å². The summed E-state index contributed by atoms with van der Waals surface area (Å²) < 4.78 is 0.978. The molecule has 2 atom stereocenters. The number of rotatable bonds is 1. The third-order valence-electron chi connectivity index (χ3n) is 4.65. The number of halogens is 1. The molecule has 0 radical (unpaired) electrons. The number of carbonyl (C=O) groups is 1. The van der Waals surface area contributed by atoms with Crippen LogP contribution in [-0.4, -0.2) is 23.9 Å². The number of nitrogens with zero attached hydrogens (tertiary/aromatic N) is 1. The van der Waals surface area contributed by atoms with Crippen LogP contribution in [0.25, 0.3) is 0 Å². The molecule has 1 saturated heterocycles. The molecule has 2 nitrogen and oxygen atoms in total. The minimum absolute atomic E-state index is 0.199. The Morgan fingerprint density at radius 2 is 1.95 bits per heavy atom. The van der Waals surface area contributed by atoms with Gasteiger partial charge in [-0.3, -0.25) is 4.79 Å². The first-order chi connectivity index (χ1) is 9.24. The number of likely N-dealkylation sites (tertiary alicyclic amines) is 1. The first-order valence-corrected chi connectivity index (χ1v) is 8.08. The van der Waals surface area contributed by atoms with Crippen LogP contribution in [0.2, 0.25) is 0 Å². The third kappa shape index (κ3) is 2.86. The van der Waals surface area contributed by atoms with Gasteiger partial charge in [0.25, 0.3) is 5.91 Å². The summed E-state index contributed by atoms with van der Waals surface area (Å²) in [6.45, 7) is 1.91. The number of carbonyl (C=O) groups excluding carboxylic acids is 1. The SMILES string of the molecule is O=C(c1cccc(Br)c1)N1CCC2CCCCC2C1. The van der Waals surface area contributed by atoms with Gasteiger partial charge < -0.3 is 4.90 Å². The highest BCUT2D eigenvalue weighted by Gasteiger charge is 2.33. The van der Waals surface area contributed by atoms with Crippen LogP contribution in [0, 0.1) is 11.8 Å². The molecule has 0 aromatic heterocycles. The van der Waals surface area contributed by atoms with Crippen LogP contribution in [0.15, 0.2) is 28.7 Å².